The first kappa shape index (κ1) is 15.8. The van der Waals surface area contributed by atoms with Gasteiger partial charge in [-0.15, -0.1) is 0 Å². The third kappa shape index (κ3) is 4.02. The number of furan rings is 1. The minimum absolute atomic E-state index is 0.0274. The van der Waals surface area contributed by atoms with Crippen LogP contribution in [0.1, 0.15) is 41.4 Å². The zero-order chi connectivity index (χ0) is 16.1. The van der Waals surface area contributed by atoms with E-state index < -0.39 is 0 Å². The van der Waals surface area contributed by atoms with Gasteiger partial charge in [-0.3, -0.25) is 4.79 Å². The highest BCUT2D eigenvalue weighted by atomic mass is 16.5. The van der Waals surface area contributed by atoms with Gasteiger partial charge < -0.3 is 14.1 Å². The molecule has 1 aromatic carbocycles. The molecular formula is C19H23NO3. The standard InChI is InChI=1S/C19H23NO3/c1-2-15-7-9-16(10-8-15)19(21)20(13-17-5-3-11-22-17)14-18-6-4-12-23-18/h3,5,7-11,18H,2,4,6,12-14H2,1H3. The quantitative estimate of drug-likeness (QED) is 0.817. The van der Waals surface area contributed by atoms with Gasteiger partial charge in [-0.05, 0) is 49.1 Å². The summed E-state index contributed by atoms with van der Waals surface area (Å²) in [5.41, 5.74) is 1.95. The summed E-state index contributed by atoms with van der Waals surface area (Å²) in [5.74, 6) is 0.820. The van der Waals surface area contributed by atoms with Crippen molar-refractivity contribution in [3.05, 3.63) is 59.5 Å². The van der Waals surface area contributed by atoms with E-state index >= 15 is 0 Å². The molecule has 2 aromatic rings. The van der Waals surface area contributed by atoms with E-state index in [4.69, 9.17) is 9.15 Å². The first-order valence-corrected chi connectivity index (χ1v) is 8.28. The molecule has 1 aromatic heterocycles. The number of nitrogens with zero attached hydrogens (tertiary/aromatic N) is 1. The van der Waals surface area contributed by atoms with Crippen LogP contribution in [-0.2, 0) is 17.7 Å². The van der Waals surface area contributed by atoms with Gasteiger partial charge in [0, 0.05) is 18.7 Å². The Labute approximate surface area is 137 Å². The fraction of sp³-hybridized carbons (Fsp3) is 0.421. The molecule has 0 aliphatic carbocycles. The lowest BCUT2D eigenvalue weighted by Crippen LogP contribution is -2.36. The number of hydrogen-bond acceptors (Lipinski definition) is 3. The van der Waals surface area contributed by atoms with Gasteiger partial charge in [-0.1, -0.05) is 19.1 Å². The van der Waals surface area contributed by atoms with E-state index in [9.17, 15) is 4.79 Å². The number of aryl methyl sites for hydroxylation is 1. The van der Waals surface area contributed by atoms with Gasteiger partial charge in [0.05, 0.1) is 18.9 Å². The summed E-state index contributed by atoms with van der Waals surface area (Å²) in [6, 6.07) is 11.6. The van der Waals surface area contributed by atoms with Crippen molar-refractivity contribution in [2.45, 2.75) is 38.8 Å². The van der Waals surface area contributed by atoms with Crippen molar-refractivity contribution in [2.75, 3.05) is 13.2 Å². The Balaban J connectivity index is 1.75. The van der Waals surface area contributed by atoms with Crippen LogP contribution < -0.4 is 0 Å². The Bertz CT molecular complexity index is 613. The third-order valence-corrected chi connectivity index (χ3v) is 4.27. The minimum Gasteiger partial charge on any atom is -0.467 e. The highest BCUT2D eigenvalue weighted by Gasteiger charge is 2.24. The van der Waals surface area contributed by atoms with Crippen molar-refractivity contribution >= 4 is 5.91 Å². The monoisotopic (exact) mass is 313 g/mol. The van der Waals surface area contributed by atoms with E-state index in [0.717, 1.165) is 31.6 Å². The maximum Gasteiger partial charge on any atom is 0.254 e. The molecule has 1 atom stereocenters. The molecule has 0 spiro atoms. The second kappa shape index (κ2) is 7.47. The highest BCUT2D eigenvalue weighted by Crippen LogP contribution is 2.18. The van der Waals surface area contributed by atoms with Gasteiger partial charge >= 0.3 is 0 Å². The van der Waals surface area contributed by atoms with E-state index in [-0.39, 0.29) is 12.0 Å². The molecule has 2 heterocycles. The van der Waals surface area contributed by atoms with Crippen LogP contribution >= 0.6 is 0 Å². The van der Waals surface area contributed by atoms with E-state index in [1.165, 1.54) is 5.56 Å². The predicted octanol–water partition coefficient (Wildman–Crippen LogP) is 3.66. The summed E-state index contributed by atoms with van der Waals surface area (Å²) >= 11 is 0. The minimum atomic E-state index is 0.0274. The van der Waals surface area contributed by atoms with Crippen LogP contribution in [0.3, 0.4) is 0 Å². The SMILES string of the molecule is CCc1ccc(C(=O)N(Cc2ccco2)CC2CCCO2)cc1. The van der Waals surface area contributed by atoms with Crippen molar-refractivity contribution < 1.29 is 13.9 Å². The molecular weight excluding hydrogens is 290 g/mol. The molecule has 1 saturated heterocycles. The van der Waals surface area contributed by atoms with Gasteiger partial charge in [0.1, 0.15) is 5.76 Å². The summed E-state index contributed by atoms with van der Waals surface area (Å²) in [6.45, 7) is 3.98. The van der Waals surface area contributed by atoms with Crippen LogP contribution in [0.25, 0.3) is 0 Å². The summed E-state index contributed by atoms with van der Waals surface area (Å²) in [7, 11) is 0. The maximum absolute atomic E-state index is 12.9. The summed E-state index contributed by atoms with van der Waals surface area (Å²) in [6.07, 6.45) is 4.82. The molecule has 1 aliphatic rings. The average molecular weight is 313 g/mol. The fourth-order valence-corrected chi connectivity index (χ4v) is 2.91. The molecule has 4 nitrogen and oxygen atoms in total. The van der Waals surface area contributed by atoms with Crippen LogP contribution in [0.4, 0.5) is 0 Å². The smallest absolute Gasteiger partial charge is 0.254 e. The van der Waals surface area contributed by atoms with Gasteiger partial charge in [0.15, 0.2) is 0 Å². The number of ether oxygens (including phenoxy) is 1. The Morgan fingerprint density at radius 3 is 2.70 bits per heavy atom. The van der Waals surface area contributed by atoms with Crippen molar-refractivity contribution in [3.8, 4) is 0 Å². The van der Waals surface area contributed by atoms with E-state index in [2.05, 4.69) is 6.92 Å². The van der Waals surface area contributed by atoms with Gasteiger partial charge in [0.25, 0.3) is 5.91 Å². The largest absolute Gasteiger partial charge is 0.467 e. The van der Waals surface area contributed by atoms with Crippen LogP contribution in [0.5, 0.6) is 0 Å². The van der Waals surface area contributed by atoms with E-state index in [1.807, 2.05) is 41.3 Å². The fourth-order valence-electron chi connectivity index (χ4n) is 2.91. The number of amides is 1. The zero-order valence-corrected chi connectivity index (χ0v) is 13.5. The van der Waals surface area contributed by atoms with E-state index in [1.54, 1.807) is 6.26 Å². The van der Waals surface area contributed by atoms with Crippen LogP contribution in [0.2, 0.25) is 0 Å². The molecule has 23 heavy (non-hydrogen) atoms. The molecule has 122 valence electrons. The Morgan fingerprint density at radius 2 is 2.09 bits per heavy atom. The predicted molar refractivity (Wildman–Crippen MR) is 88.2 cm³/mol. The molecule has 4 heteroatoms. The number of benzene rings is 1. The molecule has 3 rings (SSSR count). The highest BCUT2D eigenvalue weighted by molar-refractivity contribution is 5.94. The molecule has 1 aliphatic heterocycles. The summed E-state index contributed by atoms with van der Waals surface area (Å²) < 4.78 is 11.1. The molecule has 0 radical (unpaired) electrons. The Hall–Kier alpha value is -2.07. The normalized spacial score (nSPS) is 17.3. The van der Waals surface area contributed by atoms with Crippen LogP contribution in [-0.4, -0.2) is 30.1 Å². The van der Waals surface area contributed by atoms with Crippen molar-refractivity contribution in [3.63, 3.8) is 0 Å². The lowest BCUT2D eigenvalue weighted by atomic mass is 10.1. The van der Waals surface area contributed by atoms with Crippen molar-refractivity contribution in [1.29, 1.82) is 0 Å². The molecule has 1 unspecified atom stereocenters. The first-order valence-electron chi connectivity index (χ1n) is 8.28. The number of carbonyl (C=O) groups excluding carboxylic acids is 1. The van der Waals surface area contributed by atoms with Crippen molar-refractivity contribution in [1.82, 2.24) is 4.90 Å². The lowest BCUT2D eigenvalue weighted by molar-refractivity contribution is 0.0491. The van der Waals surface area contributed by atoms with Crippen LogP contribution in [0, 0.1) is 0 Å². The van der Waals surface area contributed by atoms with Gasteiger partial charge in [-0.25, -0.2) is 0 Å². The molecule has 0 bridgehead atoms. The van der Waals surface area contributed by atoms with Crippen LogP contribution in [0.15, 0.2) is 47.1 Å². The third-order valence-electron chi connectivity index (χ3n) is 4.27. The zero-order valence-electron chi connectivity index (χ0n) is 13.5. The molecule has 1 fully saturated rings. The lowest BCUT2D eigenvalue weighted by Gasteiger charge is -2.25. The molecule has 0 N–H and O–H groups in total. The summed E-state index contributed by atoms with van der Waals surface area (Å²) in [5, 5.41) is 0. The molecule has 0 saturated carbocycles. The summed E-state index contributed by atoms with van der Waals surface area (Å²) in [4.78, 5) is 14.7. The van der Waals surface area contributed by atoms with E-state index in [0.29, 0.717) is 18.7 Å². The second-order valence-electron chi connectivity index (χ2n) is 5.95. The maximum atomic E-state index is 12.9. The second-order valence-corrected chi connectivity index (χ2v) is 5.95. The number of carbonyl (C=O) groups is 1. The van der Waals surface area contributed by atoms with Gasteiger partial charge in [0.2, 0.25) is 0 Å². The number of hydrogen-bond donors (Lipinski definition) is 0. The van der Waals surface area contributed by atoms with Crippen molar-refractivity contribution in [2.24, 2.45) is 0 Å². The Kier molecular flexibility index (Phi) is 5.13. The first-order chi connectivity index (χ1) is 11.3. The Morgan fingerprint density at radius 1 is 1.26 bits per heavy atom. The average Bonchev–Trinajstić information content (AvgIpc) is 3.27. The molecule has 1 amide bonds. The van der Waals surface area contributed by atoms with Gasteiger partial charge in [-0.2, -0.15) is 0 Å². The topological polar surface area (TPSA) is 42.7 Å². The number of rotatable bonds is 6.